The molecule has 0 spiro atoms. The first kappa shape index (κ1) is 16.5. The van der Waals surface area contributed by atoms with Gasteiger partial charge in [0.05, 0.1) is 24.4 Å². The molecule has 21 heavy (non-hydrogen) atoms. The van der Waals surface area contributed by atoms with E-state index in [0.717, 1.165) is 12.3 Å². The zero-order valence-corrected chi connectivity index (χ0v) is 11.5. The van der Waals surface area contributed by atoms with E-state index in [2.05, 4.69) is 4.98 Å². The number of ether oxygens (including phenoxy) is 1. The summed E-state index contributed by atoms with van der Waals surface area (Å²) < 4.78 is 30.0. The molecule has 1 atom stereocenters. The molecule has 7 heteroatoms. The highest BCUT2D eigenvalue weighted by molar-refractivity contribution is 5.83. The Morgan fingerprint density at radius 2 is 2.05 bits per heavy atom. The molecule has 0 aromatic carbocycles. The first-order valence-corrected chi connectivity index (χ1v) is 6.12. The van der Waals surface area contributed by atoms with Crippen LogP contribution in [0.2, 0.25) is 0 Å². The number of carbonyl (C=O) groups excluding carboxylic acids is 1. The topological polar surface area (TPSA) is 86.8 Å². The third-order valence-electron chi connectivity index (χ3n) is 3.11. The molecular formula is C14H13F2N3O2. The van der Waals surface area contributed by atoms with Crippen molar-refractivity contribution < 1.29 is 18.3 Å². The van der Waals surface area contributed by atoms with Crippen LogP contribution in [0.3, 0.4) is 0 Å². The number of aromatic nitrogens is 1. The van der Waals surface area contributed by atoms with E-state index in [0.29, 0.717) is 0 Å². The molecule has 1 unspecified atom stereocenters. The molecule has 0 amide bonds. The lowest BCUT2D eigenvalue weighted by Gasteiger charge is -2.27. The Morgan fingerprint density at radius 3 is 2.43 bits per heavy atom. The molecule has 0 fully saturated rings. The molecule has 1 aromatic heterocycles. The molecule has 110 valence electrons. The van der Waals surface area contributed by atoms with Gasteiger partial charge in [0.15, 0.2) is 5.92 Å². The van der Waals surface area contributed by atoms with Gasteiger partial charge in [-0.3, -0.25) is 9.78 Å². The molecule has 0 bridgehead atoms. The first-order valence-electron chi connectivity index (χ1n) is 6.12. The summed E-state index contributed by atoms with van der Waals surface area (Å²) in [4.78, 5) is 15.9. The van der Waals surface area contributed by atoms with Gasteiger partial charge in [-0.25, -0.2) is 8.78 Å². The van der Waals surface area contributed by atoms with Crippen LogP contribution in [0.4, 0.5) is 8.78 Å². The predicted molar refractivity (Wildman–Crippen MR) is 67.9 cm³/mol. The molecule has 0 saturated carbocycles. The van der Waals surface area contributed by atoms with E-state index in [1.165, 1.54) is 13.0 Å². The van der Waals surface area contributed by atoms with E-state index in [-0.39, 0.29) is 17.9 Å². The highest BCUT2D eigenvalue weighted by atomic mass is 19.3. The molecule has 1 rings (SSSR count). The van der Waals surface area contributed by atoms with Gasteiger partial charge < -0.3 is 4.74 Å². The number of halogens is 2. The van der Waals surface area contributed by atoms with Crippen molar-refractivity contribution in [3.63, 3.8) is 0 Å². The summed E-state index contributed by atoms with van der Waals surface area (Å²) in [7, 11) is 0. The van der Waals surface area contributed by atoms with E-state index < -0.39 is 23.7 Å². The minimum atomic E-state index is -2.69. The number of alkyl halides is 2. The van der Waals surface area contributed by atoms with Crippen LogP contribution >= 0.6 is 0 Å². The number of pyridine rings is 1. The number of carbonyl (C=O) groups is 1. The number of hydrogen-bond acceptors (Lipinski definition) is 5. The third kappa shape index (κ3) is 3.14. The van der Waals surface area contributed by atoms with Crippen LogP contribution in [0.5, 0.6) is 0 Å². The lowest BCUT2D eigenvalue weighted by atomic mass is 9.75. The van der Waals surface area contributed by atoms with Crippen molar-refractivity contribution in [3.8, 4) is 12.1 Å². The Hall–Kier alpha value is -2.54. The van der Waals surface area contributed by atoms with Gasteiger partial charge in [-0.05, 0) is 26.0 Å². The van der Waals surface area contributed by atoms with Crippen molar-refractivity contribution in [2.45, 2.75) is 25.7 Å². The molecule has 0 aliphatic rings. The van der Waals surface area contributed by atoms with Gasteiger partial charge in [0, 0.05) is 11.8 Å². The van der Waals surface area contributed by atoms with Crippen molar-refractivity contribution in [3.05, 3.63) is 29.6 Å². The van der Waals surface area contributed by atoms with Crippen LogP contribution in [0.15, 0.2) is 18.3 Å². The van der Waals surface area contributed by atoms with Gasteiger partial charge in [0.25, 0.3) is 6.43 Å². The molecule has 1 heterocycles. The summed E-state index contributed by atoms with van der Waals surface area (Å²) in [6.07, 6.45) is -1.77. The molecule has 0 saturated heterocycles. The quantitative estimate of drug-likeness (QED) is 0.778. The molecule has 5 nitrogen and oxygen atoms in total. The van der Waals surface area contributed by atoms with Gasteiger partial charge in [-0.15, -0.1) is 0 Å². The van der Waals surface area contributed by atoms with Gasteiger partial charge >= 0.3 is 5.97 Å². The average Bonchev–Trinajstić information content (AvgIpc) is 2.48. The molecular weight excluding hydrogens is 280 g/mol. The minimum absolute atomic E-state index is 0.0402. The number of esters is 1. The number of hydrogen-bond donors (Lipinski definition) is 0. The number of nitriles is 2. The Labute approximate surface area is 120 Å². The maximum atomic E-state index is 12.5. The lowest BCUT2D eigenvalue weighted by Crippen LogP contribution is -2.41. The standard InChI is InChI=1S/C14H13F2N3O2/c1-3-21-13(20)14(2,10(6-17)7-18)11-5-4-9(8-19-11)12(15)16/h4-5,8,10,12H,3H2,1-2H3. The second-order valence-corrected chi connectivity index (χ2v) is 4.39. The van der Waals surface area contributed by atoms with Crippen LogP contribution in [-0.2, 0) is 14.9 Å². The summed E-state index contributed by atoms with van der Waals surface area (Å²) in [6.45, 7) is 2.99. The zero-order chi connectivity index (χ0) is 16.0. The molecule has 0 radical (unpaired) electrons. The van der Waals surface area contributed by atoms with Crippen LogP contribution < -0.4 is 0 Å². The zero-order valence-electron chi connectivity index (χ0n) is 11.5. The number of nitrogens with zero attached hydrogens (tertiary/aromatic N) is 3. The largest absolute Gasteiger partial charge is 0.465 e. The second kappa shape index (κ2) is 6.76. The molecule has 0 aliphatic heterocycles. The van der Waals surface area contributed by atoms with E-state index in [4.69, 9.17) is 15.3 Å². The Bertz CT molecular complexity index is 576. The van der Waals surface area contributed by atoms with Gasteiger partial charge in [0.1, 0.15) is 5.41 Å². The van der Waals surface area contributed by atoms with Crippen LogP contribution in [0.1, 0.15) is 31.5 Å². The number of rotatable bonds is 5. The van der Waals surface area contributed by atoms with Crippen molar-refractivity contribution >= 4 is 5.97 Å². The lowest BCUT2D eigenvalue weighted by molar-refractivity contribution is -0.150. The Morgan fingerprint density at radius 1 is 1.43 bits per heavy atom. The van der Waals surface area contributed by atoms with Crippen molar-refractivity contribution in [2.75, 3.05) is 6.61 Å². The Kier molecular flexibility index (Phi) is 5.31. The van der Waals surface area contributed by atoms with Crippen molar-refractivity contribution in [1.82, 2.24) is 4.98 Å². The summed E-state index contributed by atoms with van der Waals surface area (Å²) in [6, 6.07) is 5.75. The monoisotopic (exact) mass is 293 g/mol. The summed E-state index contributed by atoms with van der Waals surface area (Å²) in [5, 5.41) is 18.1. The maximum absolute atomic E-state index is 12.5. The summed E-state index contributed by atoms with van der Waals surface area (Å²) >= 11 is 0. The van der Waals surface area contributed by atoms with Crippen LogP contribution in [0, 0.1) is 28.6 Å². The van der Waals surface area contributed by atoms with Gasteiger partial charge in [-0.2, -0.15) is 10.5 Å². The normalized spacial score (nSPS) is 13.3. The highest BCUT2D eigenvalue weighted by Crippen LogP contribution is 2.33. The fourth-order valence-corrected chi connectivity index (χ4v) is 1.78. The van der Waals surface area contributed by atoms with E-state index in [9.17, 15) is 13.6 Å². The molecule has 0 aliphatic carbocycles. The van der Waals surface area contributed by atoms with E-state index in [1.54, 1.807) is 19.1 Å². The smallest absolute Gasteiger partial charge is 0.320 e. The van der Waals surface area contributed by atoms with Crippen molar-refractivity contribution in [1.29, 1.82) is 10.5 Å². The maximum Gasteiger partial charge on any atom is 0.320 e. The van der Waals surface area contributed by atoms with Crippen molar-refractivity contribution in [2.24, 2.45) is 5.92 Å². The predicted octanol–water partition coefficient (Wildman–Crippen LogP) is 2.50. The highest BCUT2D eigenvalue weighted by Gasteiger charge is 2.46. The molecule has 0 N–H and O–H groups in total. The fraction of sp³-hybridized carbons (Fsp3) is 0.429. The SMILES string of the molecule is CCOC(=O)C(C)(c1ccc(C(F)F)cn1)C(C#N)C#N. The van der Waals surface area contributed by atoms with Crippen LogP contribution in [-0.4, -0.2) is 17.6 Å². The molecule has 1 aromatic rings. The Balaban J connectivity index is 3.34. The minimum Gasteiger partial charge on any atom is -0.465 e. The fourth-order valence-electron chi connectivity index (χ4n) is 1.78. The first-order chi connectivity index (χ1) is 9.91. The summed E-state index contributed by atoms with van der Waals surface area (Å²) in [5.41, 5.74) is -1.91. The third-order valence-corrected chi connectivity index (χ3v) is 3.11. The van der Waals surface area contributed by atoms with E-state index in [1.807, 2.05) is 0 Å². The van der Waals surface area contributed by atoms with Gasteiger partial charge in [0.2, 0.25) is 0 Å². The van der Waals surface area contributed by atoms with Gasteiger partial charge in [-0.1, -0.05) is 0 Å². The average molecular weight is 293 g/mol. The second-order valence-electron chi connectivity index (χ2n) is 4.39. The summed E-state index contributed by atoms with van der Waals surface area (Å²) in [5.74, 6) is -2.14. The van der Waals surface area contributed by atoms with Crippen LogP contribution in [0.25, 0.3) is 0 Å². The van der Waals surface area contributed by atoms with E-state index >= 15 is 0 Å².